The Bertz CT molecular complexity index is 598. The number of nitrogens with one attached hydrogen (secondary N) is 3. The molecule has 7 heteroatoms. The van der Waals surface area contributed by atoms with E-state index >= 15 is 0 Å². The van der Waals surface area contributed by atoms with Crippen LogP contribution in [0, 0.1) is 0 Å². The Hall–Kier alpha value is -1.92. The summed E-state index contributed by atoms with van der Waals surface area (Å²) in [5, 5.41) is 18.1. The van der Waals surface area contributed by atoms with E-state index in [9.17, 15) is 0 Å². The predicted molar refractivity (Wildman–Crippen MR) is 91.3 cm³/mol. The first kappa shape index (κ1) is 15.5. The van der Waals surface area contributed by atoms with Gasteiger partial charge in [-0.1, -0.05) is 11.6 Å². The Morgan fingerprint density at radius 2 is 1.71 bits per heavy atom. The largest absolute Gasteiger partial charge is 0.360 e. The Balaban J connectivity index is 1.95. The number of rotatable bonds is 4. The van der Waals surface area contributed by atoms with Crippen LogP contribution in [0.3, 0.4) is 0 Å². The fourth-order valence-corrected chi connectivity index (χ4v) is 2.05. The highest BCUT2D eigenvalue weighted by atomic mass is 35.5. The van der Waals surface area contributed by atoms with E-state index in [2.05, 4.69) is 26.1 Å². The fraction of sp³-hybridized carbons (Fsp3) is 0.214. The Kier molecular flexibility index (Phi) is 5.30. The van der Waals surface area contributed by atoms with Crippen LogP contribution in [0.15, 0.2) is 36.4 Å². The number of anilines is 3. The summed E-state index contributed by atoms with van der Waals surface area (Å²) >= 11 is 10.9. The molecule has 21 heavy (non-hydrogen) atoms. The van der Waals surface area contributed by atoms with E-state index in [0.29, 0.717) is 22.1 Å². The third kappa shape index (κ3) is 5.17. The van der Waals surface area contributed by atoms with Crippen LogP contribution in [0.1, 0.15) is 13.8 Å². The van der Waals surface area contributed by atoms with Crippen LogP contribution in [-0.2, 0) is 0 Å². The maximum atomic E-state index is 5.69. The van der Waals surface area contributed by atoms with E-state index in [0.717, 1.165) is 11.4 Å². The lowest BCUT2D eigenvalue weighted by molar-refractivity contribution is 0.739. The van der Waals surface area contributed by atoms with Crippen LogP contribution in [0.25, 0.3) is 0 Å². The van der Waals surface area contributed by atoms with E-state index in [1.54, 1.807) is 12.1 Å². The molecule has 1 aromatic carbocycles. The van der Waals surface area contributed by atoms with Crippen LogP contribution in [0.4, 0.5) is 17.2 Å². The molecule has 1 aromatic heterocycles. The van der Waals surface area contributed by atoms with E-state index in [-0.39, 0.29) is 0 Å². The van der Waals surface area contributed by atoms with Gasteiger partial charge in [-0.15, -0.1) is 10.2 Å². The number of nitrogens with zero attached hydrogens (tertiary/aromatic N) is 2. The van der Waals surface area contributed by atoms with Gasteiger partial charge in [-0.2, -0.15) is 0 Å². The van der Waals surface area contributed by atoms with Gasteiger partial charge in [0.2, 0.25) is 0 Å². The van der Waals surface area contributed by atoms with Gasteiger partial charge >= 0.3 is 0 Å². The molecule has 0 aliphatic heterocycles. The summed E-state index contributed by atoms with van der Waals surface area (Å²) in [6, 6.07) is 11.5. The molecule has 0 atom stereocenters. The topological polar surface area (TPSA) is 61.9 Å². The zero-order valence-electron chi connectivity index (χ0n) is 11.7. The molecule has 0 radical (unpaired) electrons. The predicted octanol–water partition coefficient (Wildman–Crippen LogP) is 3.57. The lowest BCUT2D eigenvalue weighted by Crippen LogP contribution is -2.33. The number of aromatic nitrogens is 2. The van der Waals surface area contributed by atoms with Crippen molar-refractivity contribution in [1.82, 2.24) is 15.5 Å². The van der Waals surface area contributed by atoms with Gasteiger partial charge in [0, 0.05) is 17.4 Å². The maximum absolute atomic E-state index is 5.69. The minimum Gasteiger partial charge on any atom is -0.360 e. The van der Waals surface area contributed by atoms with Crippen molar-refractivity contribution in [3.63, 3.8) is 0 Å². The standard InChI is InChI=1S/C14H16ClN5S/c1-9(2)16-14(21)18-11-5-3-10(4-6-11)17-13-8-7-12(15)19-20-13/h3-9H,1-2H3,(H,17,20)(H2,16,18,21). The molecule has 110 valence electrons. The summed E-state index contributed by atoms with van der Waals surface area (Å²) < 4.78 is 0. The molecule has 2 rings (SSSR count). The van der Waals surface area contributed by atoms with Crippen LogP contribution in [-0.4, -0.2) is 21.4 Å². The van der Waals surface area contributed by atoms with Crippen LogP contribution in [0.2, 0.25) is 5.15 Å². The average Bonchev–Trinajstić information content (AvgIpc) is 2.42. The van der Waals surface area contributed by atoms with Crippen molar-refractivity contribution in [2.75, 3.05) is 10.6 Å². The molecule has 5 nitrogen and oxygen atoms in total. The molecular formula is C14H16ClN5S. The molecule has 0 saturated heterocycles. The highest BCUT2D eigenvalue weighted by Crippen LogP contribution is 2.17. The second kappa shape index (κ2) is 7.19. The first-order valence-corrected chi connectivity index (χ1v) is 7.25. The molecule has 0 unspecified atom stereocenters. The molecular weight excluding hydrogens is 306 g/mol. The molecule has 0 spiro atoms. The first-order chi connectivity index (χ1) is 10.0. The summed E-state index contributed by atoms with van der Waals surface area (Å²) in [5.41, 5.74) is 1.82. The first-order valence-electron chi connectivity index (χ1n) is 6.47. The summed E-state index contributed by atoms with van der Waals surface area (Å²) in [6.07, 6.45) is 0. The highest BCUT2D eigenvalue weighted by molar-refractivity contribution is 7.80. The monoisotopic (exact) mass is 321 g/mol. The van der Waals surface area contributed by atoms with Gasteiger partial charge in [0.05, 0.1) is 0 Å². The zero-order chi connectivity index (χ0) is 15.2. The zero-order valence-corrected chi connectivity index (χ0v) is 13.3. The third-order valence-corrected chi connectivity index (χ3v) is 2.89. The normalized spacial score (nSPS) is 10.3. The number of halogens is 1. The summed E-state index contributed by atoms with van der Waals surface area (Å²) in [4.78, 5) is 0. The maximum Gasteiger partial charge on any atom is 0.170 e. The van der Waals surface area contributed by atoms with E-state index < -0.39 is 0 Å². The molecule has 0 saturated carbocycles. The molecule has 0 aliphatic rings. The summed E-state index contributed by atoms with van der Waals surface area (Å²) in [7, 11) is 0. The van der Waals surface area contributed by atoms with Crippen molar-refractivity contribution in [2.45, 2.75) is 19.9 Å². The van der Waals surface area contributed by atoms with Crippen molar-refractivity contribution in [1.29, 1.82) is 0 Å². The Morgan fingerprint density at radius 1 is 1.05 bits per heavy atom. The van der Waals surface area contributed by atoms with E-state index in [4.69, 9.17) is 23.8 Å². The van der Waals surface area contributed by atoms with Crippen molar-refractivity contribution < 1.29 is 0 Å². The minimum absolute atomic E-state index is 0.300. The van der Waals surface area contributed by atoms with Crippen molar-refractivity contribution in [3.05, 3.63) is 41.6 Å². The quantitative estimate of drug-likeness (QED) is 0.748. The minimum atomic E-state index is 0.300. The smallest absolute Gasteiger partial charge is 0.170 e. The van der Waals surface area contributed by atoms with Crippen molar-refractivity contribution in [2.24, 2.45) is 0 Å². The lowest BCUT2D eigenvalue weighted by Gasteiger charge is -2.13. The molecule has 2 aromatic rings. The van der Waals surface area contributed by atoms with Crippen LogP contribution < -0.4 is 16.0 Å². The highest BCUT2D eigenvalue weighted by Gasteiger charge is 2.01. The second-order valence-corrected chi connectivity index (χ2v) is 5.49. The van der Waals surface area contributed by atoms with E-state index in [1.165, 1.54) is 0 Å². The molecule has 1 heterocycles. The number of thiocarbonyl (C=S) groups is 1. The van der Waals surface area contributed by atoms with Gasteiger partial charge in [0.25, 0.3) is 0 Å². The van der Waals surface area contributed by atoms with Gasteiger partial charge < -0.3 is 16.0 Å². The van der Waals surface area contributed by atoms with Crippen LogP contribution >= 0.6 is 23.8 Å². The molecule has 0 aliphatic carbocycles. The fourth-order valence-electron chi connectivity index (χ4n) is 1.60. The Labute approximate surface area is 134 Å². The lowest BCUT2D eigenvalue weighted by atomic mass is 10.3. The molecule has 0 bridgehead atoms. The van der Waals surface area contributed by atoms with Crippen molar-refractivity contribution >= 4 is 46.1 Å². The third-order valence-electron chi connectivity index (χ3n) is 2.47. The second-order valence-electron chi connectivity index (χ2n) is 4.70. The van der Waals surface area contributed by atoms with Gasteiger partial charge in [0.15, 0.2) is 16.1 Å². The molecule has 0 amide bonds. The molecule has 0 fully saturated rings. The summed E-state index contributed by atoms with van der Waals surface area (Å²) in [5.74, 6) is 0.636. The average molecular weight is 322 g/mol. The Morgan fingerprint density at radius 3 is 2.29 bits per heavy atom. The van der Waals surface area contributed by atoms with Gasteiger partial charge in [0.1, 0.15) is 0 Å². The SMILES string of the molecule is CC(C)NC(=S)Nc1ccc(Nc2ccc(Cl)nn2)cc1. The van der Waals surface area contributed by atoms with E-state index in [1.807, 2.05) is 38.1 Å². The van der Waals surface area contributed by atoms with Gasteiger partial charge in [-0.05, 0) is 62.5 Å². The number of hydrogen-bond donors (Lipinski definition) is 3. The van der Waals surface area contributed by atoms with Gasteiger partial charge in [-0.25, -0.2) is 0 Å². The van der Waals surface area contributed by atoms with Crippen molar-refractivity contribution in [3.8, 4) is 0 Å². The van der Waals surface area contributed by atoms with Crippen LogP contribution in [0.5, 0.6) is 0 Å². The summed E-state index contributed by atoms with van der Waals surface area (Å²) in [6.45, 7) is 4.07. The number of hydrogen-bond acceptors (Lipinski definition) is 4. The molecule has 3 N–H and O–H groups in total. The number of benzene rings is 1. The van der Waals surface area contributed by atoms with Gasteiger partial charge in [-0.3, -0.25) is 0 Å².